The molecule has 3 aliphatic rings. The molecule has 0 aromatic carbocycles. The average Bonchev–Trinajstić information content (AvgIpc) is 2.49. The zero-order valence-electron chi connectivity index (χ0n) is 17.2. The van der Waals surface area contributed by atoms with E-state index in [9.17, 15) is 4.79 Å². The fourth-order valence-electron chi connectivity index (χ4n) is 5.42. The number of carbonyl (C=O) groups is 1. The van der Waals surface area contributed by atoms with E-state index in [4.69, 9.17) is 0 Å². The lowest BCUT2D eigenvalue weighted by Crippen LogP contribution is -2.72. The van der Waals surface area contributed by atoms with Crippen molar-refractivity contribution in [2.45, 2.75) is 59.4 Å². The number of rotatable bonds is 7. The molecule has 4 heteroatoms. The van der Waals surface area contributed by atoms with Gasteiger partial charge in [-0.15, -0.1) is 0 Å². The highest BCUT2D eigenvalue weighted by atomic mass is 16.1. The summed E-state index contributed by atoms with van der Waals surface area (Å²) in [5.74, 6) is 1.17. The molecule has 3 aliphatic heterocycles. The second-order valence-corrected chi connectivity index (χ2v) is 10.1. The number of nitrogens with zero attached hydrogens (tertiary/aromatic N) is 3. The molecular formula is C21H39N3O. The Labute approximate surface area is 154 Å². The molecule has 0 amide bonds. The highest BCUT2D eigenvalue weighted by Crippen LogP contribution is 2.43. The van der Waals surface area contributed by atoms with E-state index in [1.807, 2.05) is 0 Å². The van der Waals surface area contributed by atoms with Gasteiger partial charge in [-0.3, -0.25) is 4.79 Å². The van der Waals surface area contributed by atoms with Crippen LogP contribution in [0.3, 0.4) is 0 Å². The average molecular weight is 350 g/mol. The van der Waals surface area contributed by atoms with Gasteiger partial charge in [-0.05, 0) is 59.2 Å². The van der Waals surface area contributed by atoms with Crippen LogP contribution in [0.5, 0.6) is 0 Å². The third-order valence-electron chi connectivity index (χ3n) is 6.88. The number of carbonyl (C=O) groups excluding carboxylic acids is 1. The highest BCUT2D eigenvalue weighted by molar-refractivity contribution is 5.85. The van der Waals surface area contributed by atoms with Crippen LogP contribution in [0.15, 0.2) is 0 Å². The molecule has 3 saturated heterocycles. The lowest BCUT2D eigenvalue weighted by molar-refractivity contribution is -0.145. The first-order valence-corrected chi connectivity index (χ1v) is 10.4. The molecule has 1 spiro atoms. The number of piperidine rings is 1. The van der Waals surface area contributed by atoms with E-state index in [0.29, 0.717) is 23.2 Å². The highest BCUT2D eigenvalue weighted by Gasteiger charge is 2.53. The minimum Gasteiger partial charge on any atom is -0.305 e. The molecule has 0 radical (unpaired) electrons. The van der Waals surface area contributed by atoms with Crippen molar-refractivity contribution in [2.24, 2.45) is 16.7 Å². The monoisotopic (exact) mass is 349 g/mol. The molecule has 0 atom stereocenters. The Bertz CT molecular complexity index is 466. The first-order chi connectivity index (χ1) is 11.7. The molecule has 0 unspecified atom stereocenters. The van der Waals surface area contributed by atoms with E-state index < -0.39 is 0 Å². The summed E-state index contributed by atoms with van der Waals surface area (Å²) >= 11 is 0. The normalized spacial score (nSPS) is 26.8. The van der Waals surface area contributed by atoms with Gasteiger partial charge in [0.2, 0.25) is 0 Å². The maximum atomic E-state index is 13.2. The minimum absolute atomic E-state index is 0.0719. The van der Waals surface area contributed by atoms with Crippen LogP contribution >= 0.6 is 0 Å². The maximum Gasteiger partial charge on any atom is 0.140 e. The van der Waals surface area contributed by atoms with E-state index in [1.54, 1.807) is 0 Å². The molecule has 0 saturated carbocycles. The first-order valence-electron chi connectivity index (χ1n) is 10.4. The number of Topliss-reactive ketones (excluding diaryl/α,β-unsaturated/α-hetero) is 1. The van der Waals surface area contributed by atoms with Gasteiger partial charge >= 0.3 is 0 Å². The van der Waals surface area contributed by atoms with Gasteiger partial charge in [0.05, 0.1) is 0 Å². The second-order valence-electron chi connectivity index (χ2n) is 10.1. The van der Waals surface area contributed by atoms with E-state index >= 15 is 0 Å². The van der Waals surface area contributed by atoms with Crippen LogP contribution in [0, 0.1) is 16.7 Å². The van der Waals surface area contributed by atoms with Crippen molar-refractivity contribution in [1.82, 2.24) is 14.7 Å². The standard InChI is InChI=1S/C21H39N3O/c1-17(2)6-7-19(25)21(8-10-24(11-9-21)18(3)4)16-23-14-20(15-23)12-22(5)13-20/h17-18H,6-16H2,1-5H3. The van der Waals surface area contributed by atoms with Crippen LogP contribution in [0.4, 0.5) is 0 Å². The van der Waals surface area contributed by atoms with Crippen LogP contribution in [0.2, 0.25) is 0 Å². The summed E-state index contributed by atoms with van der Waals surface area (Å²) in [6, 6.07) is 0.599. The predicted octanol–water partition coefficient (Wildman–Crippen LogP) is 2.73. The zero-order chi connectivity index (χ0) is 18.2. The molecule has 0 aromatic rings. The Morgan fingerprint density at radius 3 is 2.08 bits per heavy atom. The third kappa shape index (κ3) is 4.12. The third-order valence-corrected chi connectivity index (χ3v) is 6.88. The van der Waals surface area contributed by atoms with Gasteiger partial charge in [0.25, 0.3) is 0 Å². The van der Waals surface area contributed by atoms with Gasteiger partial charge in [-0.1, -0.05) is 13.8 Å². The molecule has 3 fully saturated rings. The number of hydrogen-bond donors (Lipinski definition) is 0. The Morgan fingerprint density at radius 1 is 1.00 bits per heavy atom. The molecule has 3 rings (SSSR count). The molecule has 25 heavy (non-hydrogen) atoms. The number of likely N-dealkylation sites (tertiary alicyclic amines) is 3. The largest absolute Gasteiger partial charge is 0.305 e. The van der Waals surface area contributed by atoms with Gasteiger partial charge in [0, 0.05) is 56.0 Å². The van der Waals surface area contributed by atoms with Gasteiger partial charge < -0.3 is 14.7 Å². The maximum absolute atomic E-state index is 13.2. The van der Waals surface area contributed by atoms with Gasteiger partial charge in [-0.25, -0.2) is 0 Å². The lowest BCUT2D eigenvalue weighted by atomic mass is 9.68. The topological polar surface area (TPSA) is 26.8 Å². The van der Waals surface area contributed by atoms with E-state index in [0.717, 1.165) is 45.3 Å². The van der Waals surface area contributed by atoms with Crippen molar-refractivity contribution in [3.8, 4) is 0 Å². The van der Waals surface area contributed by atoms with E-state index in [2.05, 4.69) is 49.4 Å². The Balaban J connectivity index is 1.60. The number of hydrogen-bond acceptors (Lipinski definition) is 4. The van der Waals surface area contributed by atoms with E-state index in [-0.39, 0.29) is 5.41 Å². The van der Waals surface area contributed by atoms with Crippen molar-refractivity contribution >= 4 is 5.78 Å². The van der Waals surface area contributed by atoms with Crippen molar-refractivity contribution < 1.29 is 4.79 Å². The smallest absolute Gasteiger partial charge is 0.140 e. The van der Waals surface area contributed by atoms with Crippen molar-refractivity contribution in [2.75, 3.05) is 52.9 Å². The van der Waals surface area contributed by atoms with Crippen molar-refractivity contribution in [3.05, 3.63) is 0 Å². The molecule has 3 heterocycles. The Morgan fingerprint density at radius 2 is 1.60 bits per heavy atom. The molecule has 0 aromatic heterocycles. The van der Waals surface area contributed by atoms with Crippen molar-refractivity contribution in [3.63, 3.8) is 0 Å². The lowest BCUT2D eigenvalue weighted by Gasteiger charge is -2.61. The summed E-state index contributed by atoms with van der Waals surface area (Å²) in [4.78, 5) is 20.8. The second kappa shape index (κ2) is 7.28. The molecule has 0 bridgehead atoms. The van der Waals surface area contributed by atoms with Crippen molar-refractivity contribution in [1.29, 1.82) is 0 Å². The molecular weight excluding hydrogens is 310 g/mol. The van der Waals surface area contributed by atoms with Crippen LogP contribution in [0.1, 0.15) is 53.4 Å². The van der Waals surface area contributed by atoms with Crippen LogP contribution in [-0.2, 0) is 4.79 Å². The fraction of sp³-hybridized carbons (Fsp3) is 0.952. The fourth-order valence-corrected chi connectivity index (χ4v) is 5.42. The summed E-state index contributed by atoms with van der Waals surface area (Å²) in [5.41, 5.74) is 0.493. The number of ketones is 1. The molecule has 4 nitrogen and oxygen atoms in total. The SMILES string of the molecule is CC(C)CCC(=O)C1(CN2CC3(CN(C)C3)C2)CCN(C(C)C)CC1. The van der Waals surface area contributed by atoms with Crippen LogP contribution in [-0.4, -0.2) is 79.4 Å². The van der Waals surface area contributed by atoms with Gasteiger partial charge in [0.1, 0.15) is 5.78 Å². The molecule has 144 valence electrons. The Kier molecular flexibility index (Phi) is 5.63. The zero-order valence-corrected chi connectivity index (χ0v) is 17.2. The quantitative estimate of drug-likeness (QED) is 0.706. The van der Waals surface area contributed by atoms with Crippen LogP contribution in [0.25, 0.3) is 0 Å². The first kappa shape index (κ1) is 19.3. The molecule has 0 aliphatic carbocycles. The summed E-state index contributed by atoms with van der Waals surface area (Å²) < 4.78 is 0. The summed E-state index contributed by atoms with van der Waals surface area (Å²) in [5, 5.41) is 0. The minimum atomic E-state index is -0.0719. The van der Waals surface area contributed by atoms with Gasteiger partial charge in [0.15, 0.2) is 0 Å². The Hall–Kier alpha value is -0.450. The van der Waals surface area contributed by atoms with Crippen LogP contribution < -0.4 is 0 Å². The van der Waals surface area contributed by atoms with Gasteiger partial charge in [-0.2, -0.15) is 0 Å². The summed E-state index contributed by atoms with van der Waals surface area (Å²) in [6.45, 7) is 17.1. The van der Waals surface area contributed by atoms with E-state index in [1.165, 1.54) is 26.2 Å². The predicted molar refractivity (Wildman–Crippen MR) is 104 cm³/mol. The summed E-state index contributed by atoms with van der Waals surface area (Å²) in [7, 11) is 2.21. The summed E-state index contributed by atoms with van der Waals surface area (Å²) in [6.07, 6.45) is 3.95. The molecule has 0 N–H and O–H groups in total.